The monoisotopic (exact) mass is 291 g/mol. The lowest BCUT2D eigenvalue weighted by Gasteiger charge is -2.38. The first-order valence-corrected chi connectivity index (χ1v) is 7.93. The second-order valence-corrected chi connectivity index (χ2v) is 6.47. The Balaban J connectivity index is 1.61. The fourth-order valence-electron chi connectivity index (χ4n) is 3.94. The first-order valence-electron chi connectivity index (χ1n) is 7.93. The number of phenols is 1. The van der Waals surface area contributed by atoms with Crippen LogP contribution in [0.2, 0.25) is 0 Å². The van der Waals surface area contributed by atoms with Crippen LogP contribution >= 0.6 is 0 Å². The molecule has 2 aliphatic rings. The molecular formula is C17H22FNO2. The first kappa shape index (κ1) is 14.4. The van der Waals surface area contributed by atoms with E-state index in [2.05, 4.69) is 5.32 Å². The highest BCUT2D eigenvalue weighted by atomic mass is 19.1. The van der Waals surface area contributed by atoms with Crippen molar-refractivity contribution in [1.82, 2.24) is 0 Å². The average molecular weight is 291 g/mol. The van der Waals surface area contributed by atoms with Gasteiger partial charge in [0.15, 0.2) is 11.6 Å². The normalized spacial score (nSPS) is 28.7. The summed E-state index contributed by atoms with van der Waals surface area (Å²) in [6, 6.07) is 3.96. The van der Waals surface area contributed by atoms with Crippen LogP contribution in [0.1, 0.15) is 44.9 Å². The van der Waals surface area contributed by atoms with Gasteiger partial charge in [-0.1, -0.05) is 25.7 Å². The molecule has 0 radical (unpaired) electrons. The molecule has 3 rings (SSSR count). The molecule has 0 saturated heterocycles. The van der Waals surface area contributed by atoms with Crippen LogP contribution in [0.25, 0.3) is 0 Å². The van der Waals surface area contributed by atoms with Gasteiger partial charge < -0.3 is 10.4 Å². The molecule has 4 heteroatoms. The maximum absolute atomic E-state index is 13.3. The van der Waals surface area contributed by atoms with Gasteiger partial charge in [-0.3, -0.25) is 4.79 Å². The van der Waals surface area contributed by atoms with Crippen molar-refractivity contribution >= 4 is 11.6 Å². The van der Waals surface area contributed by atoms with Crippen LogP contribution in [0.4, 0.5) is 10.1 Å². The van der Waals surface area contributed by atoms with Gasteiger partial charge in [-0.05, 0) is 43.2 Å². The number of halogens is 1. The zero-order valence-corrected chi connectivity index (χ0v) is 12.1. The Morgan fingerprint density at radius 1 is 1.14 bits per heavy atom. The van der Waals surface area contributed by atoms with Crippen molar-refractivity contribution in [3.8, 4) is 5.75 Å². The summed E-state index contributed by atoms with van der Waals surface area (Å²) in [7, 11) is 0. The number of nitrogens with one attached hydrogen (secondary N) is 1. The molecule has 0 aliphatic heterocycles. The Kier molecular flexibility index (Phi) is 4.13. The topological polar surface area (TPSA) is 49.3 Å². The zero-order valence-electron chi connectivity index (χ0n) is 12.1. The number of hydrogen-bond acceptors (Lipinski definition) is 2. The van der Waals surface area contributed by atoms with Crippen LogP contribution in [0.5, 0.6) is 5.75 Å². The van der Waals surface area contributed by atoms with Gasteiger partial charge >= 0.3 is 0 Å². The number of carbonyl (C=O) groups excluding carboxylic acids is 1. The third-order valence-electron chi connectivity index (χ3n) is 5.13. The van der Waals surface area contributed by atoms with Gasteiger partial charge in [0.05, 0.1) is 0 Å². The summed E-state index contributed by atoms with van der Waals surface area (Å²) in [6.07, 6.45) is 8.26. The average Bonchev–Trinajstić information content (AvgIpc) is 2.50. The van der Waals surface area contributed by atoms with Crippen molar-refractivity contribution in [1.29, 1.82) is 0 Å². The highest BCUT2D eigenvalue weighted by molar-refractivity contribution is 5.92. The van der Waals surface area contributed by atoms with Crippen LogP contribution in [-0.4, -0.2) is 11.0 Å². The standard InChI is InChI=1S/C17H22FNO2/c18-15-10-14(7-8-16(15)20)19-17(21)13-6-5-11-3-1-2-4-12(11)9-13/h7-8,10-13,20H,1-6,9H2,(H,19,21). The van der Waals surface area contributed by atoms with E-state index < -0.39 is 11.6 Å². The van der Waals surface area contributed by atoms with Gasteiger partial charge in [0.25, 0.3) is 0 Å². The molecule has 0 heterocycles. The number of fused-ring (bicyclic) bond motifs is 1. The molecule has 1 aromatic rings. The van der Waals surface area contributed by atoms with Crippen LogP contribution in [-0.2, 0) is 4.79 Å². The molecule has 1 aromatic carbocycles. The van der Waals surface area contributed by atoms with Crippen LogP contribution < -0.4 is 5.32 Å². The maximum atomic E-state index is 13.3. The number of amides is 1. The molecular weight excluding hydrogens is 269 g/mol. The molecule has 2 saturated carbocycles. The molecule has 21 heavy (non-hydrogen) atoms. The Labute approximate surface area is 124 Å². The number of aromatic hydroxyl groups is 1. The molecule has 2 N–H and O–H groups in total. The van der Waals surface area contributed by atoms with Gasteiger partial charge in [-0.25, -0.2) is 4.39 Å². The minimum absolute atomic E-state index is 0.0101. The third-order valence-corrected chi connectivity index (χ3v) is 5.13. The lowest BCUT2D eigenvalue weighted by atomic mass is 9.67. The Bertz CT molecular complexity index is 532. The largest absolute Gasteiger partial charge is 0.505 e. The molecule has 0 aromatic heterocycles. The fraction of sp³-hybridized carbons (Fsp3) is 0.588. The van der Waals surface area contributed by atoms with E-state index in [1.165, 1.54) is 43.9 Å². The maximum Gasteiger partial charge on any atom is 0.227 e. The molecule has 0 spiro atoms. The molecule has 2 fully saturated rings. The highest BCUT2D eigenvalue weighted by Gasteiger charge is 2.34. The molecule has 0 bridgehead atoms. The number of carbonyl (C=O) groups is 1. The number of rotatable bonds is 2. The van der Waals surface area contributed by atoms with Crippen molar-refractivity contribution in [2.45, 2.75) is 44.9 Å². The van der Waals surface area contributed by atoms with E-state index in [0.717, 1.165) is 25.2 Å². The molecule has 114 valence electrons. The van der Waals surface area contributed by atoms with Gasteiger partial charge in [0.1, 0.15) is 0 Å². The summed E-state index contributed by atoms with van der Waals surface area (Å²) < 4.78 is 13.3. The van der Waals surface area contributed by atoms with Crippen molar-refractivity contribution in [2.24, 2.45) is 17.8 Å². The predicted molar refractivity (Wildman–Crippen MR) is 79.5 cm³/mol. The quantitative estimate of drug-likeness (QED) is 0.807. The minimum Gasteiger partial charge on any atom is -0.505 e. The highest BCUT2D eigenvalue weighted by Crippen LogP contribution is 2.42. The lowest BCUT2D eigenvalue weighted by molar-refractivity contribution is -0.122. The van der Waals surface area contributed by atoms with Crippen LogP contribution in [0.3, 0.4) is 0 Å². The summed E-state index contributed by atoms with van der Waals surface area (Å²) in [4.78, 5) is 12.3. The zero-order chi connectivity index (χ0) is 14.8. The molecule has 3 nitrogen and oxygen atoms in total. The van der Waals surface area contributed by atoms with E-state index in [4.69, 9.17) is 5.11 Å². The van der Waals surface area contributed by atoms with Crippen LogP contribution in [0, 0.1) is 23.6 Å². The van der Waals surface area contributed by atoms with E-state index in [0.29, 0.717) is 11.6 Å². The Morgan fingerprint density at radius 3 is 2.67 bits per heavy atom. The van der Waals surface area contributed by atoms with Crippen molar-refractivity contribution in [2.75, 3.05) is 5.32 Å². The van der Waals surface area contributed by atoms with Crippen molar-refractivity contribution in [3.05, 3.63) is 24.0 Å². The number of anilines is 1. The predicted octanol–water partition coefficient (Wildman–Crippen LogP) is 4.08. The first-order chi connectivity index (χ1) is 10.1. The molecule has 3 unspecified atom stereocenters. The van der Waals surface area contributed by atoms with E-state index in [9.17, 15) is 9.18 Å². The summed E-state index contributed by atoms with van der Waals surface area (Å²) in [6.45, 7) is 0. The lowest BCUT2D eigenvalue weighted by Crippen LogP contribution is -2.33. The molecule has 2 aliphatic carbocycles. The smallest absolute Gasteiger partial charge is 0.227 e. The van der Waals surface area contributed by atoms with Crippen molar-refractivity contribution in [3.63, 3.8) is 0 Å². The number of phenolic OH excluding ortho intramolecular Hbond substituents is 1. The van der Waals surface area contributed by atoms with Gasteiger partial charge in [-0.15, -0.1) is 0 Å². The Hall–Kier alpha value is -1.58. The number of benzene rings is 1. The summed E-state index contributed by atoms with van der Waals surface area (Å²) >= 11 is 0. The Morgan fingerprint density at radius 2 is 1.90 bits per heavy atom. The van der Waals surface area contributed by atoms with E-state index in [-0.39, 0.29) is 11.8 Å². The van der Waals surface area contributed by atoms with Gasteiger partial charge in [-0.2, -0.15) is 0 Å². The van der Waals surface area contributed by atoms with Gasteiger partial charge in [0, 0.05) is 17.7 Å². The second-order valence-electron chi connectivity index (χ2n) is 6.47. The minimum atomic E-state index is -0.705. The van der Waals surface area contributed by atoms with Gasteiger partial charge in [0.2, 0.25) is 5.91 Å². The molecule has 3 atom stereocenters. The number of hydrogen-bond donors (Lipinski definition) is 2. The van der Waals surface area contributed by atoms with Crippen molar-refractivity contribution < 1.29 is 14.3 Å². The summed E-state index contributed by atoms with van der Waals surface area (Å²) in [5.41, 5.74) is 0.418. The van der Waals surface area contributed by atoms with E-state index in [1.54, 1.807) is 0 Å². The van der Waals surface area contributed by atoms with E-state index in [1.807, 2.05) is 0 Å². The summed E-state index contributed by atoms with van der Waals surface area (Å²) in [5, 5.41) is 12.0. The summed E-state index contributed by atoms with van der Waals surface area (Å²) in [5.74, 6) is 0.443. The molecule has 1 amide bonds. The third kappa shape index (κ3) is 3.20. The SMILES string of the molecule is O=C(Nc1ccc(O)c(F)c1)C1CCC2CCCCC2C1. The van der Waals surface area contributed by atoms with Crippen LogP contribution in [0.15, 0.2) is 18.2 Å². The second kappa shape index (κ2) is 6.04. The van der Waals surface area contributed by atoms with E-state index >= 15 is 0 Å². The fourth-order valence-corrected chi connectivity index (χ4v) is 3.94.